The summed E-state index contributed by atoms with van der Waals surface area (Å²) in [6.07, 6.45) is 2.05. The van der Waals surface area contributed by atoms with Crippen LogP contribution in [0.3, 0.4) is 0 Å². The fraction of sp³-hybridized carbons (Fsp3) is 0.212. The van der Waals surface area contributed by atoms with Crippen LogP contribution in [0.5, 0.6) is 11.5 Å². The van der Waals surface area contributed by atoms with E-state index in [4.69, 9.17) is 14.6 Å². The van der Waals surface area contributed by atoms with Gasteiger partial charge in [0.05, 0.1) is 42.9 Å². The second-order valence-electron chi connectivity index (χ2n) is 9.86. The molecule has 3 aromatic carbocycles. The molecule has 0 radical (unpaired) electrons. The normalized spacial score (nSPS) is 14.1. The molecule has 0 bridgehead atoms. The van der Waals surface area contributed by atoms with E-state index in [9.17, 15) is 4.79 Å². The van der Waals surface area contributed by atoms with Gasteiger partial charge in [-0.2, -0.15) is 5.10 Å². The highest BCUT2D eigenvalue weighted by molar-refractivity contribution is 5.90. The number of fused-ring (bicyclic) bond motifs is 3. The van der Waals surface area contributed by atoms with Crippen molar-refractivity contribution in [1.82, 2.24) is 19.2 Å². The minimum atomic E-state index is -0.362. The molecule has 208 valence electrons. The molecule has 5 aromatic rings. The first kappa shape index (κ1) is 26.3. The van der Waals surface area contributed by atoms with Gasteiger partial charge in [-0.05, 0) is 87.0 Å². The van der Waals surface area contributed by atoms with Crippen LogP contribution in [0, 0.1) is 6.92 Å². The van der Waals surface area contributed by atoms with Crippen molar-refractivity contribution in [3.8, 4) is 23.0 Å². The molecule has 8 heteroatoms. The average Bonchev–Trinajstić information content (AvgIpc) is 3.56. The summed E-state index contributed by atoms with van der Waals surface area (Å²) in [4.78, 5) is 16.0. The average molecular weight is 548 g/mol. The van der Waals surface area contributed by atoms with E-state index in [-0.39, 0.29) is 12.1 Å². The van der Waals surface area contributed by atoms with Crippen molar-refractivity contribution >= 4 is 11.7 Å². The number of carbonyl (C=O) groups is 1. The number of aryl methyl sites for hydroxylation is 1. The van der Waals surface area contributed by atoms with Gasteiger partial charge in [0, 0.05) is 17.4 Å². The minimum absolute atomic E-state index is 0.208. The van der Waals surface area contributed by atoms with Gasteiger partial charge in [0.1, 0.15) is 17.3 Å². The molecule has 0 fully saturated rings. The van der Waals surface area contributed by atoms with Crippen molar-refractivity contribution in [2.45, 2.75) is 33.4 Å². The number of carbonyl (C=O) groups excluding carboxylic acids is 1. The molecule has 2 amide bonds. The van der Waals surface area contributed by atoms with Gasteiger partial charge in [0.25, 0.3) is 0 Å². The predicted octanol–water partition coefficient (Wildman–Crippen LogP) is 6.91. The van der Waals surface area contributed by atoms with Gasteiger partial charge >= 0.3 is 6.03 Å². The third-order valence-electron chi connectivity index (χ3n) is 7.27. The highest BCUT2D eigenvalue weighted by Gasteiger charge is 2.36. The number of para-hydroxylation sites is 1. The molecule has 0 spiro atoms. The van der Waals surface area contributed by atoms with Crippen LogP contribution in [-0.4, -0.2) is 38.5 Å². The molecule has 2 aromatic heterocycles. The lowest BCUT2D eigenvalue weighted by molar-refractivity contribution is 0.194. The van der Waals surface area contributed by atoms with E-state index in [0.717, 1.165) is 45.5 Å². The lowest BCUT2D eigenvalue weighted by Gasteiger charge is -2.31. The zero-order valence-corrected chi connectivity index (χ0v) is 23.4. The highest BCUT2D eigenvalue weighted by Crippen LogP contribution is 2.39. The molecule has 1 aliphatic heterocycles. The van der Waals surface area contributed by atoms with E-state index in [0.29, 0.717) is 25.4 Å². The van der Waals surface area contributed by atoms with Crippen molar-refractivity contribution in [1.29, 1.82) is 0 Å². The Bertz CT molecular complexity index is 1640. The number of nitrogens with zero attached hydrogens (tertiary/aromatic N) is 4. The van der Waals surface area contributed by atoms with Crippen molar-refractivity contribution < 1.29 is 14.3 Å². The standard InChI is InChI=1S/C33H33N5O3/c1-4-40-27-17-13-24(14-18-27)31-30-12-9-21-36(30)32-29(23(3)35-38(32)26-10-7-6-8-11-26)22-37(31)33(39)34-25-15-19-28(20-16-25)41-5-2/h6-21,31H,4-5,22H2,1-3H3,(H,34,39). The Morgan fingerprint density at radius 2 is 1.54 bits per heavy atom. The maximum Gasteiger partial charge on any atom is 0.322 e. The van der Waals surface area contributed by atoms with Crippen LogP contribution in [0.25, 0.3) is 11.5 Å². The van der Waals surface area contributed by atoms with E-state index in [2.05, 4.69) is 16.0 Å². The van der Waals surface area contributed by atoms with Gasteiger partial charge in [-0.1, -0.05) is 30.3 Å². The molecule has 6 rings (SSSR count). The Hall–Kier alpha value is -4.98. The van der Waals surface area contributed by atoms with Gasteiger partial charge in [-0.25, -0.2) is 9.48 Å². The van der Waals surface area contributed by atoms with E-state index in [1.807, 2.05) is 121 Å². The Kier molecular flexibility index (Phi) is 7.20. The predicted molar refractivity (Wildman–Crippen MR) is 159 cm³/mol. The molecule has 1 unspecified atom stereocenters. The largest absolute Gasteiger partial charge is 0.494 e. The lowest BCUT2D eigenvalue weighted by atomic mass is 10.0. The molecule has 1 aliphatic rings. The third kappa shape index (κ3) is 5.04. The molecule has 1 atom stereocenters. The number of aromatic nitrogens is 3. The number of anilines is 1. The van der Waals surface area contributed by atoms with Crippen LogP contribution in [0.15, 0.2) is 97.2 Å². The van der Waals surface area contributed by atoms with Crippen LogP contribution >= 0.6 is 0 Å². The first-order valence-electron chi connectivity index (χ1n) is 13.9. The van der Waals surface area contributed by atoms with Gasteiger partial charge in [0.15, 0.2) is 0 Å². The third-order valence-corrected chi connectivity index (χ3v) is 7.27. The zero-order valence-electron chi connectivity index (χ0n) is 23.4. The second-order valence-corrected chi connectivity index (χ2v) is 9.86. The SMILES string of the molecule is CCOc1ccc(NC(=O)N2Cc3c(C)nn(-c4ccccc4)c3-n3cccc3C2c2ccc(OCC)cc2)cc1. The van der Waals surface area contributed by atoms with Crippen molar-refractivity contribution in [3.05, 3.63) is 120 Å². The van der Waals surface area contributed by atoms with Crippen molar-refractivity contribution in [2.75, 3.05) is 18.5 Å². The number of hydrogen-bond donors (Lipinski definition) is 1. The smallest absolute Gasteiger partial charge is 0.322 e. The maximum atomic E-state index is 14.1. The highest BCUT2D eigenvalue weighted by atomic mass is 16.5. The van der Waals surface area contributed by atoms with Gasteiger partial charge in [-0.3, -0.25) is 0 Å². The summed E-state index contributed by atoms with van der Waals surface area (Å²) >= 11 is 0. The summed E-state index contributed by atoms with van der Waals surface area (Å²) in [7, 11) is 0. The number of hydrogen-bond acceptors (Lipinski definition) is 4. The number of amides is 2. The Morgan fingerprint density at radius 3 is 2.20 bits per heavy atom. The quantitative estimate of drug-likeness (QED) is 0.240. The summed E-state index contributed by atoms with van der Waals surface area (Å²) in [5.41, 5.74) is 5.46. The summed E-state index contributed by atoms with van der Waals surface area (Å²) in [5, 5.41) is 8.05. The first-order valence-corrected chi connectivity index (χ1v) is 13.9. The monoisotopic (exact) mass is 547 g/mol. The lowest BCUT2D eigenvalue weighted by Crippen LogP contribution is -2.38. The second kappa shape index (κ2) is 11.3. The molecule has 41 heavy (non-hydrogen) atoms. The Balaban J connectivity index is 1.46. The molecule has 8 nitrogen and oxygen atoms in total. The number of ether oxygens (including phenoxy) is 2. The molecule has 0 aliphatic carbocycles. The number of rotatable bonds is 7. The van der Waals surface area contributed by atoms with Crippen LogP contribution in [0.4, 0.5) is 10.5 Å². The number of benzene rings is 3. The Labute approximate surface area is 239 Å². The summed E-state index contributed by atoms with van der Waals surface area (Å²) in [6, 6.07) is 29.1. The molecule has 1 N–H and O–H groups in total. The van der Waals surface area contributed by atoms with Crippen molar-refractivity contribution in [3.63, 3.8) is 0 Å². The van der Waals surface area contributed by atoms with Crippen LogP contribution in [-0.2, 0) is 6.54 Å². The molecular formula is C33H33N5O3. The van der Waals surface area contributed by atoms with E-state index in [1.165, 1.54) is 0 Å². The number of nitrogens with one attached hydrogen (secondary N) is 1. The first-order chi connectivity index (χ1) is 20.1. The number of urea groups is 1. The molecule has 0 saturated carbocycles. The molecular weight excluding hydrogens is 514 g/mol. The topological polar surface area (TPSA) is 73.5 Å². The molecule has 3 heterocycles. The fourth-order valence-electron chi connectivity index (χ4n) is 5.41. The van der Waals surface area contributed by atoms with Crippen LogP contribution in [0.1, 0.15) is 42.4 Å². The van der Waals surface area contributed by atoms with E-state index >= 15 is 0 Å². The minimum Gasteiger partial charge on any atom is -0.494 e. The molecule has 0 saturated heterocycles. The van der Waals surface area contributed by atoms with Crippen LogP contribution in [0.2, 0.25) is 0 Å². The van der Waals surface area contributed by atoms with E-state index < -0.39 is 0 Å². The van der Waals surface area contributed by atoms with Gasteiger partial charge in [0.2, 0.25) is 0 Å². The summed E-state index contributed by atoms with van der Waals surface area (Å²) in [5.74, 6) is 2.49. The fourth-order valence-corrected chi connectivity index (χ4v) is 5.41. The van der Waals surface area contributed by atoms with Gasteiger partial charge in [-0.15, -0.1) is 0 Å². The zero-order chi connectivity index (χ0) is 28.3. The summed E-state index contributed by atoms with van der Waals surface area (Å²) < 4.78 is 15.4. The Morgan fingerprint density at radius 1 is 0.878 bits per heavy atom. The van der Waals surface area contributed by atoms with Gasteiger partial charge < -0.3 is 24.3 Å². The van der Waals surface area contributed by atoms with Crippen LogP contribution < -0.4 is 14.8 Å². The maximum absolute atomic E-state index is 14.1. The van der Waals surface area contributed by atoms with E-state index in [1.54, 1.807) is 0 Å². The van der Waals surface area contributed by atoms with Crippen molar-refractivity contribution in [2.24, 2.45) is 0 Å². The summed E-state index contributed by atoms with van der Waals surface area (Å²) in [6.45, 7) is 7.46.